The highest BCUT2D eigenvalue weighted by molar-refractivity contribution is 5.88. The second-order valence-electron chi connectivity index (χ2n) is 9.30. The third kappa shape index (κ3) is 7.19. The van der Waals surface area contributed by atoms with E-state index in [0.29, 0.717) is 18.7 Å². The summed E-state index contributed by atoms with van der Waals surface area (Å²) in [4.78, 5) is 28.9. The van der Waals surface area contributed by atoms with Crippen LogP contribution in [0.1, 0.15) is 42.4 Å². The summed E-state index contributed by atoms with van der Waals surface area (Å²) in [6.07, 6.45) is 4.69. The van der Waals surface area contributed by atoms with Gasteiger partial charge in [0.2, 0.25) is 5.91 Å². The van der Waals surface area contributed by atoms with Crippen LogP contribution in [0.25, 0.3) is 0 Å². The van der Waals surface area contributed by atoms with Gasteiger partial charge in [0.25, 0.3) is 5.91 Å². The van der Waals surface area contributed by atoms with Gasteiger partial charge in [-0.1, -0.05) is 91.2 Å². The number of nitrogens with one attached hydrogen (secondary N) is 1. The molecule has 5 heteroatoms. The van der Waals surface area contributed by atoms with Crippen molar-refractivity contribution in [3.05, 3.63) is 102 Å². The average Bonchev–Trinajstić information content (AvgIpc) is 3.40. The fourth-order valence-corrected chi connectivity index (χ4v) is 4.56. The number of aryl methyl sites for hydroxylation is 1. The molecule has 0 heterocycles. The Hall–Kier alpha value is -3.60. The number of nitrogens with zero attached hydrogens (tertiary/aromatic N) is 1. The van der Waals surface area contributed by atoms with Gasteiger partial charge in [0.05, 0.1) is 0 Å². The summed E-state index contributed by atoms with van der Waals surface area (Å²) in [7, 11) is 0. The molecule has 3 aromatic rings. The standard InChI is InChI=1S/C30H34N2O3/c1-23-16-18-27(19-17-23)35-22-29(33)32(21-25-12-6-3-7-13-25)28(20-24-10-4-2-5-11-24)30(34)31-26-14-8-9-15-26/h2-7,10-13,16-19,26,28H,8-9,14-15,20-22H2,1H3,(H,31,34). The molecule has 0 spiro atoms. The van der Waals surface area contributed by atoms with E-state index in [1.54, 1.807) is 4.90 Å². The third-order valence-electron chi connectivity index (χ3n) is 6.55. The molecule has 2 amide bonds. The number of benzene rings is 3. The maximum Gasteiger partial charge on any atom is 0.261 e. The molecular weight excluding hydrogens is 436 g/mol. The molecule has 35 heavy (non-hydrogen) atoms. The van der Waals surface area contributed by atoms with Gasteiger partial charge in [-0.15, -0.1) is 0 Å². The van der Waals surface area contributed by atoms with E-state index in [2.05, 4.69) is 5.32 Å². The van der Waals surface area contributed by atoms with Crippen molar-refractivity contribution < 1.29 is 14.3 Å². The van der Waals surface area contributed by atoms with Crippen LogP contribution in [0.15, 0.2) is 84.9 Å². The minimum Gasteiger partial charge on any atom is -0.484 e. The van der Waals surface area contributed by atoms with Crippen molar-refractivity contribution in [2.75, 3.05) is 6.61 Å². The van der Waals surface area contributed by atoms with Gasteiger partial charge in [0.1, 0.15) is 11.8 Å². The molecule has 0 radical (unpaired) electrons. The van der Waals surface area contributed by atoms with Crippen LogP contribution in [0.4, 0.5) is 0 Å². The number of hydrogen-bond acceptors (Lipinski definition) is 3. The molecular formula is C30H34N2O3. The third-order valence-corrected chi connectivity index (χ3v) is 6.55. The van der Waals surface area contributed by atoms with E-state index in [-0.39, 0.29) is 24.5 Å². The van der Waals surface area contributed by atoms with Gasteiger partial charge in [0.15, 0.2) is 6.61 Å². The molecule has 1 unspecified atom stereocenters. The van der Waals surface area contributed by atoms with Crippen molar-refractivity contribution in [1.29, 1.82) is 0 Å². The Labute approximate surface area is 208 Å². The van der Waals surface area contributed by atoms with E-state index in [1.165, 1.54) is 0 Å². The Morgan fingerprint density at radius 3 is 2.11 bits per heavy atom. The second-order valence-corrected chi connectivity index (χ2v) is 9.30. The van der Waals surface area contributed by atoms with Crippen LogP contribution >= 0.6 is 0 Å². The quantitative estimate of drug-likeness (QED) is 0.450. The number of amides is 2. The zero-order valence-corrected chi connectivity index (χ0v) is 20.4. The fraction of sp³-hybridized carbons (Fsp3) is 0.333. The fourth-order valence-electron chi connectivity index (χ4n) is 4.56. The first-order valence-electron chi connectivity index (χ1n) is 12.5. The highest BCUT2D eigenvalue weighted by Gasteiger charge is 2.32. The maximum atomic E-state index is 13.6. The molecule has 1 aliphatic rings. The topological polar surface area (TPSA) is 58.6 Å². The lowest BCUT2D eigenvalue weighted by atomic mass is 10.0. The molecule has 1 N–H and O–H groups in total. The van der Waals surface area contributed by atoms with Crippen molar-refractivity contribution in [2.45, 2.75) is 57.7 Å². The molecule has 0 aromatic heterocycles. The summed E-state index contributed by atoms with van der Waals surface area (Å²) in [5.74, 6) is 0.330. The first-order valence-corrected chi connectivity index (χ1v) is 12.5. The number of hydrogen-bond donors (Lipinski definition) is 1. The van der Waals surface area contributed by atoms with E-state index in [4.69, 9.17) is 4.74 Å². The van der Waals surface area contributed by atoms with Crippen molar-refractivity contribution in [3.63, 3.8) is 0 Å². The maximum absolute atomic E-state index is 13.6. The number of carbonyl (C=O) groups is 2. The molecule has 3 aromatic carbocycles. The Bertz CT molecular complexity index is 1080. The SMILES string of the molecule is Cc1ccc(OCC(=O)N(Cc2ccccc2)C(Cc2ccccc2)C(=O)NC2CCCC2)cc1. The van der Waals surface area contributed by atoms with Gasteiger partial charge in [-0.2, -0.15) is 0 Å². The summed E-state index contributed by atoms with van der Waals surface area (Å²) >= 11 is 0. The van der Waals surface area contributed by atoms with Crippen molar-refractivity contribution in [3.8, 4) is 5.75 Å². The largest absolute Gasteiger partial charge is 0.484 e. The summed E-state index contributed by atoms with van der Waals surface area (Å²) in [6, 6.07) is 26.9. The lowest BCUT2D eigenvalue weighted by Crippen LogP contribution is -2.53. The van der Waals surface area contributed by atoms with Gasteiger partial charge < -0.3 is 15.0 Å². The van der Waals surface area contributed by atoms with E-state index in [9.17, 15) is 9.59 Å². The Morgan fingerprint density at radius 1 is 0.886 bits per heavy atom. The van der Waals surface area contributed by atoms with Crippen LogP contribution in [0, 0.1) is 6.92 Å². The van der Waals surface area contributed by atoms with Gasteiger partial charge in [-0.05, 0) is 43.0 Å². The van der Waals surface area contributed by atoms with Crippen LogP contribution < -0.4 is 10.1 Å². The average molecular weight is 471 g/mol. The van der Waals surface area contributed by atoms with Crippen molar-refractivity contribution in [2.24, 2.45) is 0 Å². The van der Waals surface area contributed by atoms with E-state index in [0.717, 1.165) is 42.4 Å². The molecule has 1 fully saturated rings. The summed E-state index contributed by atoms with van der Waals surface area (Å²) < 4.78 is 5.83. The molecule has 0 bridgehead atoms. The Morgan fingerprint density at radius 2 is 1.49 bits per heavy atom. The van der Waals surface area contributed by atoms with Crippen LogP contribution in [-0.2, 0) is 22.6 Å². The van der Waals surface area contributed by atoms with Crippen molar-refractivity contribution >= 4 is 11.8 Å². The van der Waals surface area contributed by atoms with E-state index < -0.39 is 6.04 Å². The molecule has 1 atom stereocenters. The summed E-state index contributed by atoms with van der Waals surface area (Å²) in [5.41, 5.74) is 3.12. The Balaban J connectivity index is 1.58. The number of rotatable bonds is 10. The molecule has 1 saturated carbocycles. The second kappa shape index (κ2) is 12.2. The van der Waals surface area contributed by atoms with E-state index in [1.807, 2.05) is 91.9 Å². The summed E-state index contributed by atoms with van der Waals surface area (Å²) in [5, 5.41) is 3.23. The zero-order chi connectivity index (χ0) is 24.5. The molecule has 0 saturated heterocycles. The summed E-state index contributed by atoms with van der Waals surface area (Å²) in [6.45, 7) is 2.22. The van der Waals surface area contributed by atoms with Gasteiger partial charge in [-0.25, -0.2) is 0 Å². The molecule has 5 nitrogen and oxygen atoms in total. The van der Waals surface area contributed by atoms with Gasteiger partial charge in [0, 0.05) is 19.0 Å². The number of ether oxygens (including phenoxy) is 1. The zero-order valence-electron chi connectivity index (χ0n) is 20.4. The predicted molar refractivity (Wildman–Crippen MR) is 138 cm³/mol. The van der Waals surface area contributed by atoms with Crippen LogP contribution in [0.5, 0.6) is 5.75 Å². The molecule has 182 valence electrons. The predicted octanol–water partition coefficient (Wildman–Crippen LogP) is 5.07. The Kier molecular flexibility index (Phi) is 8.55. The minimum atomic E-state index is -0.632. The van der Waals surface area contributed by atoms with Gasteiger partial charge in [-0.3, -0.25) is 9.59 Å². The first kappa shape index (κ1) is 24.5. The molecule has 4 rings (SSSR count). The highest BCUT2D eigenvalue weighted by Crippen LogP contribution is 2.20. The van der Waals surface area contributed by atoms with Crippen LogP contribution in [0.2, 0.25) is 0 Å². The van der Waals surface area contributed by atoms with E-state index >= 15 is 0 Å². The van der Waals surface area contributed by atoms with Crippen LogP contribution in [-0.4, -0.2) is 35.4 Å². The molecule has 0 aliphatic heterocycles. The minimum absolute atomic E-state index is 0.0969. The number of carbonyl (C=O) groups excluding carboxylic acids is 2. The first-order chi connectivity index (χ1) is 17.1. The van der Waals surface area contributed by atoms with Gasteiger partial charge >= 0.3 is 0 Å². The lowest BCUT2D eigenvalue weighted by molar-refractivity contribution is -0.143. The molecule has 1 aliphatic carbocycles. The lowest BCUT2D eigenvalue weighted by Gasteiger charge is -2.32. The van der Waals surface area contributed by atoms with Crippen molar-refractivity contribution in [1.82, 2.24) is 10.2 Å². The monoisotopic (exact) mass is 470 g/mol. The van der Waals surface area contributed by atoms with Crippen LogP contribution in [0.3, 0.4) is 0 Å². The smallest absolute Gasteiger partial charge is 0.261 e. The normalized spacial score (nSPS) is 14.3. The highest BCUT2D eigenvalue weighted by atomic mass is 16.5.